The zero-order valence-corrected chi connectivity index (χ0v) is 16.2. The Morgan fingerprint density at radius 2 is 1.82 bits per heavy atom. The molecule has 0 aromatic heterocycles. The van der Waals surface area contributed by atoms with E-state index in [4.69, 9.17) is 9.47 Å². The van der Waals surface area contributed by atoms with Gasteiger partial charge in [0.25, 0.3) is 5.91 Å². The van der Waals surface area contributed by atoms with Gasteiger partial charge in [-0.15, -0.1) is 0 Å². The second-order valence-electron chi connectivity index (χ2n) is 7.54. The highest BCUT2D eigenvalue weighted by molar-refractivity contribution is 6.04. The zero-order valence-electron chi connectivity index (χ0n) is 16.2. The van der Waals surface area contributed by atoms with Crippen LogP contribution >= 0.6 is 0 Å². The van der Waals surface area contributed by atoms with Crippen LogP contribution in [0.1, 0.15) is 36.8 Å². The Bertz CT molecular complexity index is 769. The number of fused-ring (bicyclic) bond motifs is 2. The minimum Gasteiger partial charge on any atom is -0.493 e. The van der Waals surface area contributed by atoms with Crippen molar-refractivity contribution in [2.24, 2.45) is 0 Å². The lowest BCUT2D eigenvalue weighted by molar-refractivity contribution is -0.129. The molecule has 0 spiro atoms. The van der Waals surface area contributed by atoms with Crippen LogP contribution in [0.4, 0.5) is 4.79 Å². The van der Waals surface area contributed by atoms with Crippen LogP contribution in [0.15, 0.2) is 12.1 Å². The molecule has 1 saturated heterocycles. The highest BCUT2D eigenvalue weighted by atomic mass is 16.5. The molecule has 0 radical (unpaired) electrons. The first kappa shape index (κ1) is 18.6. The number of imide groups is 1. The molecule has 4 rings (SSSR count). The van der Waals surface area contributed by atoms with E-state index in [2.05, 4.69) is 5.32 Å². The van der Waals surface area contributed by atoms with Crippen molar-refractivity contribution in [1.29, 1.82) is 0 Å². The van der Waals surface area contributed by atoms with Crippen molar-refractivity contribution in [2.45, 2.75) is 50.7 Å². The van der Waals surface area contributed by atoms with E-state index in [1.54, 1.807) is 19.1 Å². The van der Waals surface area contributed by atoms with Crippen molar-refractivity contribution in [3.63, 3.8) is 0 Å². The number of nitrogens with zero attached hydrogens (tertiary/aromatic N) is 2. The average molecular weight is 387 g/mol. The van der Waals surface area contributed by atoms with Crippen LogP contribution in [0.5, 0.6) is 11.5 Å². The van der Waals surface area contributed by atoms with E-state index < -0.39 is 6.04 Å². The molecule has 1 aromatic rings. The summed E-state index contributed by atoms with van der Waals surface area (Å²) in [5.74, 6) is 1.03. The summed E-state index contributed by atoms with van der Waals surface area (Å²) in [5.41, 5.74) is 1.95. The van der Waals surface area contributed by atoms with Gasteiger partial charge in [-0.2, -0.15) is 0 Å². The van der Waals surface area contributed by atoms with E-state index in [0.717, 1.165) is 24.0 Å². The smallest absolute Gasteiger partial charge is 0.327 e. The number of urea groups is 1. The second-order valence-corrected chi connectivity index (χ2v) is 7.54. The molecule has 4 amide bonds. The molecule has 150 valence electrons. The number of ether oxygens (including phenoxy) is 2. The van der Waals surface area contributed by atoms with Crippen LogP contribution in [-0.4, -0.2) is 60.5 Å². The number of nitrogens with one attached hydrogen (secondary N) is 1. The summed E-state index contributed by atoms with van der Waals surface area (Å²) < 4.78 is 10.7. The Kier molecular flexibility index (Phi) is 4.87. The summed E-state index contributed by atoms with van der Waals surface area (Å²) in [5, 5.41) is 2.92. The number of rotatable bonds is 7. The van der Waals surface area contributed by atoms with Crippen molar-refractivity contribution < 1.29 is 23.9 Å². The highest BCUT2D eigenvalue weighted by Gasteiger charge is 2.47. The molecule has 1 aromatic carbocycles. The van der Waals surface area contributed by atoms with Gasteiger partial charge in [0.15, 0.2) is 11.5 Å². The molecule has 2 fully saturated rings. The number of carbonyl (C=O) groups is 3. The predicted molar refractivity (Wildman–Crippen MR) is 100 cm³/mol. The molecule has 3 aliphatic rings. The minimum absolute atomic E-state index is 0.00841. The summed E-state index contributed by atoms with van der Waals surface area (Å²) in [4.78, 5) is 40.3. The topological polar surface area (TPSA) is 88.2 Å². The van der Waals surface area contributed by atoms with Gasteiger partial charge in [-0.25, -0.2) is 4.79 Å². The van der Waals surface area contributed by atoms with Gasteiger partial charge in [0.1, 0.15) is 6.04 Å². The van der Waals surface area contributed by atoms with Gasteiger partial charge in [-0.1, -0.05) is 0 Å². The van der Waals surface area contributed by atoms with Crippen molar-refractivity contribution in [3.8, 4) is 11.5 Å². The first-order valence-corrected chi connectivity index (χ1v) is 9.67. The van der Waals surface area contributed by atoms with E-state index in [9.17, 15) is 14.4 Å². The summed E-state index contributed by atoms with van der Waals surface area (Å²) in [6.45, 7) is 0.634. The molecule has 8 nitrogen and oxygen atoms in total. The SMILES string of the molecule is COc1cc2c(cc1OC)CN1C(=O)N(CCCC(=O)NC3CC3)C(=O)[C@@H]1C2. The third kappa shape index (κ3) is 3.39. The van der Waals surface area contributed by atoms with E-state index in [1.807, 2.05) is 12.1 Å². The first-order chi connectivity index (χ1) is 13.5. The molecular weight excluding hydrogens is 362 g/mol. The van der Waals surface area contributed by atoms with Crippen LogP contribution in [0.25, 0.3) is 0 Å². The lowest BCUT2D eigenvalue weighted by Crippen LogP contribution is -2.40. The maximum Gasteiger partial charge on any atom is 0.327 e. The van der Waals surface area contributed by atoms with E-state index in [1.165, 1.54) is 4.90 Å². The van der Waals surface area contributed by atoms with Crippen molar-refractivity contribution in [2.75, 3.05) is 20.8 Å². The Labute approximate surface area is 163 Å². The Hall–Kier alpha value is -2.77. The molecule has 1 aliphatic carbocycles. The summed E-state index contributed by atoms with van der Waals surface area (Å²) in [6, 6.07) is 3.31. The number of hydrogen-bond acceptors (Lipinski definition) is 5. The molecule has 28 heavy (non-hydrogen) atoms. The summed E-state index contributed by atoms with van der Waals surface area (Å²) in [6.07, 6.45) is 3.35. The molecule has 1 N–H and O–H groups in total. The fourth-order valence-corrected chi connectivity index (χ4v) is 3.89. The van der Waals surface area contributed by atoms with Crippen molar-refractivity contribution in [3.05, 3.63) is 23.3 Å². The van der Waals surface area contributed by atoms with Crippen molar-refractivity contribution in [1.82, 2.24) is 15.1 Å². The third-order valence-corrected chi connectivity index (χ3v) is 5.59. The maximum atomic E-state index is 12.8. The summed E-state index contributed by atoms with van der Waals surface area (Å²) in [7, 11) is 3.15. The Morgan fingerprint density at radius 3 is 2.46 bits per heavy atom. The third-order valence-electron chi connectivity index (χ3n) is 5.59. The molecule has 8 heteroatoms. The molecule has 1 atom stereocenters. The second kappa shape index (κ2) is 7.33. The Balaban J connectivity index is 1.42. The monoisotopic (exact) mass is 387 g/mol. The Morgan fingerprint density at radius 1 is 1.14 bits per heavy atom. The van der Waals surface area contributed by atoms with E-state index in [0.29, 0.717) is 43.3 Å². The quantitative estimate of drug-likeness (QED) is 0.716. The van der Waals surface area contributed by atoms with Gasteiger partial charge in [-0.05, 0) is 42.5 Å². The number of methoxy groups -OCH3 is 2. The van der Waals surface area contributed by atoms with Gasteiger partial charge in [-0.3, -0.25) is 14.5 Å². The van der Waals surface area contributed by atoms with Gasteiger partial charge in [0.05, 0.1) is 14.2 Å². The van der Waals surface area contributed by atoms with Gasteiger partial charge in [0, 0.05) is 32.0 Å². The average Bonchev–Trinajstić information content (AvgIpc) is 3.48. The molecule has 0 bridgehead atoms. The molecule has 2 aliphatic heterocycles. The fourth-order valence-electron chi connectivity index (χ4n) is 3.89. The number of benzene rings is 1. The summed E-state index contributed by atoms with van der Waals surface area (Å²) >= 11 is 0. The zero-order chi connectivity index (χ0) is 19.8. The van der Waals surface area contributed by atoms with E-state index >= 15 is 0 Å². The first-order valence-electron chi connectivity index (χ1n) is 9.67. The molecular formula is C20H25N3O5. The van der Waals surface area contributed by atoms with Crippen LogP contribution in [-0.2, 0) is 22.6 Å². The molecule has 0 unspecified atom stereocenters. The normalized spacial score (nSPS) is 20.7. The number of amides is 4. The minimum atomic E-state index is -0.488. The number of carbonyl (C=O) groups excluding carboxylic acids is 3. The van der Waals surface area contributed by atoms with E-state index in [-0.39, 0.29) is 24.4 Å². The molecule has 2 heterocycles. The van der Waals surface area contributed by atoms with Crippen LogP contribution in [0, 0.1) is 0 Å². The largest absolute Gasteiger partial charge is 0.493 e. The maximum absolute atomic E-state index is 12.8. The van der Waals surface area contributed by atoms with Crippen LogP contribution < -0.4 is 14.8 Å². The van der Waals surface area contributed by atoms with Gasteiger partial charge >= 0.3 is 6.03 Å². The van der Waals surface area contributed by atoms with Crippen molar-refractivity contribution >= 4 is 17.8 Å². The lowest BCUT2D eigenvalue weighted by atomic mass is 9.94. The van der Waals surface area contributed by atoms with Gasteiger partial charge in [0.2, 0.25) is 5.91 Å². The lowest BCUT2D eigenvalue weighted by Gasteiger charge is -2.29. The number of hydrogen-bond donors (Lipinski definition) is 1. The fraction of sp³-hybridized carbons (Fsp3) is 0.550. The standard InChI is InChI=1S/C20H25N3O5/c1-27-16-9-12-8-15-19(25)22(7-3-4-18(24)21-14-5-6-14)20(26)23(15)11-13(12)10-17(16)28-2/h9-10,14-15H,3-8,11H2,1-2H3,(H,21,24)/t15-/m0/s1. The van der Waals surface area contributed by atoms with Crippen LogP contribution in [0.2, 0.25) is 0 Å². The highest BCUT2D eigenvalue weighted by Crippen LogP contribution is 2.37. The van der Waals surface area contributed by atoms with Gasteiger partial charge < -0.3 is 19.7 Å². The molecule has 1 saturated carbocycles. The van der Waals surface area contributed by atoms with Crippen LogP contribution in [0.3, 0.4) is 0 Å². The predicted octanol–water partition coefficient (Wildman–Crippen LogP) is 1.45.